The van der Waals surface area contributed by atoms with Crippen LogP contribution in [0.2, 0.25) is 5.02 Å². The normalized spacial score (nSPS) is 19.7. The molecule has 1 saturated heterocycles. The molecule has 0 aromatic heterocycles. The van der Waals surface area contributed by atoms with Gasteiger partial charge in [0.25, 0.3) is 15.9 Å². The summed E-state index contributed by atoms with van der Waals surface area (Å²) in [6.45, 7) is 4.66. The summed E-state index contributed by atoms with van der Waals surface area (Å²) in [5.74, 6) is 0.208. The number of sulfonamides is 1. The van der Waals surface area contributed by atoms with Crippen molar-refractivity contribution in [3.8, 4) is 0 Å². The van der Waals surface area contributed by atoms with E-state index in [1.807, 2.05) is 18.7 Å². The van der Waals surface area contributed by atoms with Crippen LogP contribution in [-0.4, -0.2) is 32.7 Å². The zero-order valence-electron chi connectivity index (χ0n) is 15.1. The Bertz CT molecular complexity index is 851. The molecule has 0 spiro atoms. The minimum absolute atomic E-state index is 0.00793. The van der Waals surface area contributed by atoms with Gasteiger partial charge < -0.3 is 10.2 Å². The molecule has 2 heterocycles. The van der Waals surface area contributed by atoms with Crippen LogP contribution in [-0.2, 0) is 10.0 Å². The molecular formula is C18H24ClN3O3S. The first kappa shape index (κ1) is 19.2. The molecule has 8 heteroatoms. The Morgan fingerprint density at radius 3 is 2.85 bits per heavy atom. The number of hydrogen-bond acceptors (Lipinski definition) is 4. The fourth-order valence-corrected chi connectivity index (χ4v) is 4.99. The number of halogens is 1. The van der Waals surface area contributed by atoms with E-state index in [0.29, 0.717) is 24.5 Å². The maximum atomic E-state index is 12.7. The lowest BCUT2D eigenvalue weighted by molar-refractivity contribution is 0.0938. The van der Waals surface area contributed by atoms with Gasteiger partial charge >= 0.3 is 0 Å². The molecule has 1 atom stereocenters. The van der Waals surface area contributed by atoms with Gasteiger partial charge in [-0.15, -0.1) is 4.40 Å². The number of nitrogens with one attached hydrogen (secondary N) is 1. The summed E-state index contributed by atoms with van der Waals surface area (Å²) < 4.78 is 29.3. The van der Waals surface area contributed by atoms with Crippen LogP contribution in [0.3, 0.4) is 0 Å². The van der Waals surface area contributed by atoms with E-state index in [9.17, 15) is 13.2 Å². The third kappa shape index (κ3) is 3.74. The van der Waals surface area contributed by atoms with Gasteiger partial charge in [0.2, 0.25) is 0 Å². The van der Waals surface area contributed by atoms with Crippen molar-refractivity contribution >= 4 is 39.1 Å². The van der Waals surface area contributed by atoms with Crippen molar-refractivity contribution in [3.63, 3.8) is 0 Å². The SMILES string of the molecule is CCC[C@@H](C)NC(=O)c1cc2c(cc1Cl)N1CCCCCC1=NS2(=O)=O. The minimum Gasteiger partial charge on any atom is -0.350 e. The summed E-state index contributed by atoms with van der Waals surface area (Å²) in [4.78, 5) is 14.5. The lowest BCUT2D eigenvalue weighted by Crippen LogP contribution is -2.36. The van der Waals surface area contributed by atoms with Crippen LogP contribution >= 0.6 is 11.6 Å². The largest absolute Gasteiger partial charge is 0.350 e. The van der Waals surface area contributed by atoms with Crippen molar-refractivity contribution in [2.24, 2.45) is 4.40 Å². The minimum atomic E-state index is -3.83. The third-order valence-corrected chi connectivity index (χ3v) is 6.43. The quantitative estimate of drug-likeness (QED) is 0.839. The zero-order valence-corrected chi connectivity index (χ0v) is 16.7. The van der Waals surface area contributed by atoms with E-state index in [2.05, 4.69) is 9.71 Å². The van der Waals surface area contributed by atoms with Gasteiger partial charge in [-0.25, -0.2) is 0 Å². The fourth-order valence-electron chi connectivity index (χ4n) is 3.48. The van der Waals surface area contributed by atoms with Crippen LogP contribution in [0.15, 0.2) is 21.4 Å². The van der Waals surface area contributed by atoms with Crippen LogP contribution in [0.4, 0.5) is 5.69 Å². The lowest BCUT2D eigenvalue weighted by Gasteiger charge is -2.30. The van der Waals surface area contributed by atoms with E-state index in [1.165, 1.54) is 6.07 Å². The molecule has 6 nitrogen and oxygen atoms in total. The summed E-state index contributed by atoms with van der Waals surface area (Å²) >= 11 is 6.36. The predicted molar refractivity (Wildman–Crippen MR) is 104 cm³/mol. The predicted octanol–water partition coefficient (Wildman–Crippen LogP) is 3.74. The van der Waals surface area contributed by atoms with Gasteiger partial charge in [0.15, 0.2) is 0 Å². The van der Waals surface area contributed by atoms with E-state index in [1.54, 1.807) is 6.07 Å². The molecule has 0 saturated carbocycles. The Balaban J connectivity index is 2.02. The highest BCUT2D eigenvalue weighted by Gasteiger charge is 2.33. The van der Waals surface area contributed by atoms with E-state index >= 15 is 0 Å². The van der Waals surface area contributed by atoms with Gasteiger partial charge in [0.05, 0.1) is 16.3 Å². The Labute approximate surface area is 159 Å². The standard InChI is InChI=1S/C18H24ClN3O3S/c1-3-7-12(2)20-18(23)13-10-16-15(11-14(13)19)22-9-6-4-5-8-17(22)21-26(16,24)25/h10-12H,3-9H2,1-2H3,(H,20,23)/t12-/m1/s1. The summed E-state index contributed by atoms with van der Waals surface area (Å²) in [5, 5.41) is 3.13. The molecule has 2 aliphatic heterocycles. The highest BCUT2D eigenvalue weighted by molar-refractivity contribution is 7.90. The van der Waals surface area contributed by atoms with E-state index in [4.69, 9.17) is 11.6 Å². The van der Waals surface area contributed by atoms with Crippen molar-refractivity contribution in [3.05, 3.63) is 22.7 Å². The smallest absolute Gasteiger partial charge is 0.286 e. The monoisotopic (exact) mass is 397 g/mol. The summed E-state index contributed by atoms with van der Waals surface area (Å²) in [6.07, 6.45) is 5.34. The summed E-state index contributed by atoms with van der Waals surface area (Å²) in [6, 6.07) is 2.95. The average Bonchev–Trinajstić information content (AvgIpc) is 2.79. The number of nitrogens with zero attached hydrogens (tertiary/aromatic N) is 2. The number of rotatable bonds is 4. The number of amides is 1. The number of hydrogen-bond donors (Lipinski definition) is 1. The molecule has 2 aliphatic rings. The van der Waals surface area contributed by atoms with E-state index in [0.717, 1.165) is 32.1 Å². The van der Waals surface area contributed by atoms with Crippen molar-refractivity contribution in [2.45, 2.75) is 63.3 Å². The zero-order chi connectivity index (χ0) is 18.9. The molecule has 0 aliphatic carbocycles. The Morgan fingerprint density at radius 2 is 2.12 bits per heavy atom. The van der Waals surface area contributed by atoms with Crippen molar-refractivity contribution in [1.29, 1.82) is 0 Å². The van der Waals surface area contributed by atoms with Crippen molar-refractivity contribution < 1.29 is 13.2 Å². The Kier molecular flexibility index (Phi) is 5.58. The first-order chi connectivity index (χ1) is 12.3. The van der Waals surface area contributed by atoms with Gasteiger partial charge in [0.1, 0.15) is 10.7 Å². The summed E-state index contributed by atoms with van der Waals surface area (Å²) in [7, 11) is -3.83. The summed E-state index contributed by atoms with van der Waals surface area (Å²) in [5.41, 5.74) is 0.700. The molecule has 3 rings (SSSR count). The number of amidine groups is 1. The third-order valence-electron chi connectivity index (χ3n) is 4.78. The van der Waals surface area contributed by atoms with E-state index < -0.39 is 10.0 Å². The van der Waals surface area contributed by atoms with Crippen LogP contribution < -0.4 is 10.2 Å². The highest BCUT2D eigenvalue weighted by atomic mass is 35.5. The van der Waals surface area contributed by atoms with Gasteiger partial charge in [-0.3, -0.25) is 4.79 Å². The van der Waals surface area contributed by atoms with Gasteiger partial charge in [-0.1, -0.05) is 31.4 Å². The maximum absolute atomic E-state index is 12.7. The molecule has 1 amide bonds. The number of carbonyl (C=O) groups excluding carboxylic acids is 1. The van der Waals surface area contributed by atoms with Gasteiger partial charge in [-0.05, 0) is 38.3 Å². The molecule has 1 aromatic carbocycles. The molecule has 0 bridgehead atoms. The van der Waals surface area contributed by atoms with Crippen LogP contribution in [0.5, 0.6) is 0 Å². The maximum Gasteiger partial charge on any atom is 0.286 e. The fraction of sp³-hybridized carbons (Fsp3) is 0.556. The number of carbonyl (C=O) groups is 1. The molecule has 1 aromatic rings. The van der Waals surface area contributed by atoms with Crippen LogP contribution in [0.25, 0.3) is 0 Å². The number of fused-ring (bicyclic) bond motifs is 3. The first-order valence-corrected chi connectivity index (χ1v) is 10.9. The molecule has 1 N–H and O–H groups in total. The van der Waals surface area contributed by atoms with Crippen molar-refractivity contribution in [2.75, 3.05) is 11.4 Å². The van der Waals surface area contributed by atoms with Gasteiger partial charge in [-0.2, -0.15) is 8.42 Å². The molecule has 142 valence electrons. The van der Waals surface area contributed by atoms with Crippen LogP contribution in [0, 0.1) is 0 Å². The number of benzene rings is 1. The van der Waals surface area contributed by atoms with E-state index in [-0.39, 0.29) is 27.4 Å². The second kappa shape index (κ2) is 7.56. The number of anilines is 1. The highest BCUT2D eigenvalue weighted by Crippen LogP contribution is 2.37. The first-order valence-electron chi connectivity index (χ1n) is 9.09. The second-order valence-electron chi connectivity index (χ2n) is 6.91. The Morgan fingerprint density at radius 1 is 1.35 bits per heavy atom. The van der Waals surface area contributed by atoms with Crippen molar-refractivity contribution in [1.82, 2.24) is 5.32 Å². The molecule has 1 fully saturated rings. The van der Waals surface area contributed by atoms with Crippen LogP contribution in [0.1, 0.15) is 62.7 Å². The second-order valence-corrected chi connectivity index (χ2v) is 8.89. The Hall–Kier alpha value is -1.60. The topological polar surface area (TPSA) is 78.8 Å². The molecule has 26 heavy (non-hydrogen) atoms. The molecule has 0 radical (unpaired) electrons. The molecular weight excluding hydrogens is 374 g/mol. The molecule has 0 unspecified atom stereocenters. The van der Waals surface area contributed by atoms with Gasteiger partial charge in [0, 0.05) is 19.0 Å². The lowest BCUT2D eigenvalue weighted by atomic mass is 10.1. The average molecular weight is 398 g/mol.